The van der Waals surface area contributed by atoms with Gasteiger partial charge in [-0.15, -0.1) is 11.3 Å². The van der Waals surface area contributed by atoms with E-state index in [1.54, 1.807) is 0 Å². The van der Waals surface area contributed by atoms with Gasteiger partial charge in [-0.1, -0.05) is 86.0 Å². The van der Waals surface area contributed by atoms with E-state index in [0.29, 0.717) is 11.7 Å². The highest BCUT2D eigenvalue weighted by atomic mass is 32.1. The number of aromatic nitrogens is 3. The largest absolute Gasteiger partial charge is 0.456 e. The molecule has 4 nitrogen and oxygen atoms in total. The topological polar surface area (TPSA) is 51.8 Å². The van der Waals surface area contributed by atoms with Gasteiger partial charge in [0.1, 0.15) is 17.0 Å². The van der Waals surface area contributed by atoms with Crippen LogP contribution >= 0.6 is 11.3 Å². The van der Waals surface area contributed by atoms with Crippen LogP contribution in [0.1, 0.15) is 43.8 Å². The van der Waals surface area contributed by atoms with Crippen LogP contribution in [-0.2, 0) is 0 Å². The fourth-order valence-corrected chi connectivity index (χ4v) is 8.02. The van der Waals surface area contributed by atoms with E-state index in [0.717, 1.165) is 57.6 Å². The summed E-state index contributed by atoms with van der Waals surface area (Å²) in [6.45, 7) is 0. The van der Waals surface area contributed by atoms with E-state index in [9.17, 15) is 0 Å². The molecule has 3 aromatic heterocycles. The fraction of sp³-hybridized carbons (Fsp3) is 0.162. The van der Waals surface area contributed by atoms with Crippen molar-refractivity contribution in [3.05, 3.63) is 103 Å². The molecule has 0 N–H and O–H groups in total. The highest BCUT2D eigenvalue weighted by Crippen LogP contribution is 2.43. The number of benzene rings is 5. The number of hydrogen-bond donors (Lipinski definition) is 0. The lowest BCUT2D eigenvalue weighted by atomic mass is 9.88. The molecule has 0 unspecified atom stereocenters. The maximum absolute atomic E-state index is 6.23. The van der Waals surface area contributed by atoms with Crippen LogP contribution in [0.4, 0.5) is 0 Å². The molecule has 1 saturated carbocycles. The molecule has 0 amide bonds. The minimum atomic E-state index is 0.361. The van der Waals surface area contributed by atoms with E-state index in [-0.39, 0.29) is 0 Å². The summed E-state index contributed by atoms with van der Waals surface area (Å²) in [7, 11) is 0. The number of fused-ring (bicyclic) bond motifs is 8. The summed E-state index contributed by atoms with van der Waals surface area (Å²) >= 11 is 1.83. The molecular weight excluding hydrogens is 534 g/mol. The predicted molar refractivity (Wildman–Crippen MR) is 174 cm³/mol. The monoisotopic (exact) mass is 561 g/mol. The molecule has 1 aliphatic carbocycles. The molecule has 5 heteroatoms. The summed E-state index contributed by atoms with van der Waals surface area (Å²) in [5.41, 5.74) is 3.78. The predicted octanol–water partition coefficient (Wildman–Crippen LogP) is 10.7. The molecule has 1 fully saturated rings. The smallest absolute Gasteiger partial charge is 0.165 e. The first-order valence-corrected chi connectivity index (χ1v) is 15.6. The van der Waals surface area contributed by atoms with Crippen LogP contribution in [0.25, 0.3) is 75.7 Å². The lowest BCUT2D eigenvalue weighted by molar-refractivity contribution is 0.428. The van der Waals surface area contributed by atoms with Crippen LogP contribution in [0, 0.1) is 0 Å². The Hall–Kier alpha value is -4.61. The third kappa shape index (κ3) is 3.77. The molecule has 202 valence electrons. The van der Waals surface area contributed by atoms with Crippen LogP contribution in [0.3, 0.4) is 0 Å². The first-order valence-electron chi connectivity index (χ1n) is 14.8. The van der Waals surface area contributed by atoms with E-state index < -0.39 is 0 Å². The van der Waals surface area contributed by atoms with E-state index >= 15 is 0 Å². The Morgan fingerprint density at radius 2 is 1.40 bits per heavy atom. The van der Waals surface area contributed by atoms with Gasteiger partial charge in [-0.25, -0.2) is 15.0 Å². The average molecular weight is 562 g/mol. The van der Waals surface area contributed by atoms with E-state index in [1.807, 2.05) is 23.5 Å². The van der Waals surface area contributed by atoms with Crippen molar-refractivity contribution in [1.82, 2.24) is 15.0 Å². The first kappa shape index (κ1) is 24.0. The summed E-state index contributed by atoms with van der Waals surface area (Å²) in [6.07, 6.45) is 6.00. The minimum Gasteiger partial charge on any atom is -0.456 e. The second-order valence-electron chi connectivity index (χ2n) is 11.4. The Balaban J connectivity index is 1.27. The maximum Gasteiger partial charge on any atom is 0.165 e. The summed E-state index contributed by atoms with van der Waals surface area (Å²) < 4.78 is 8.74. The number of hydrogen-bond acceptors (Lipinski definition) is 5. The van der Waals surface area contributed by atoms with Gasteiger partial charge in [-0.05, 0) is 53.9 Å². The number of nitrogens with zero attached hydrogens (tertiary/aromatic N) is 3. The quantitative estimate of drug-likeness (QED) is 0.215. The molecular formula is C37H27N3OS. The molecule has 0 atom stereocenters. The van der Waals surface area contributed by atoms with Crippen LogP contribution in [0.5, 0.6) is 0 Å². The number of para-hydroxylation sites is 1. The minimum absolute atomic E-state index is 0.361. The zero-order valence-corrected chi connectivity index (χ0v) is 23.8. The highest BCUT2D eigenvalue weighted by molar-refractivity contribution is 7.26. The van der Waals surface area contributed by atoms with Crippen molar-refractivity contribution in [1.29, 1.82) is 0 Å². The van der Waals surface area contributed by atoms with Gasteiger partial charge in [-0.3, -0.25) is 0 Å². The molecule has 9 rings (SSSR count). The summed E-state index contributed by atoms with van der Waals surface area (Å²) in [5.74, 6) is 2.75. The normalized spacial score (nSPS) is 14.6. The Bertz CT molecular complexity index is 2310. The van der Waals surface area contributed by atoms with Gasteiger partial charge in [-0.2, -0.15) is 0 Å². The lowest BCUT2D eigenvalue weighted by Gasteiger charge is -2.21. The molecule has 0 bridgehead atoms. The fourth-order valence-electron chi connectivity index (χ4n) is 6.79. The number of thiophene rings is 1. The van der Waals surface area contributed by atoms with Gasteiger partial charge in [0.2, 0.25) is 0 Å². The lowest BCUT2D eigenvalue weighted by Crippen LogP contribution is -2.11. The van der Waals surface area contributed by atoms with Gasteiger partial charge in [0.25, 0.3) is 0 Å². The van der Waals surface area contributed by atoms with Crippen molar-refractivity contribution in [2.24, 2.45) is 0 Å². The van der Waals surface area contributed by atoms with Gasteiger partial charge in [0, 0.05) is 48.0 Å². The molecule has 1 aliphatic rings. The Labute approximate surface area is 246 Å². The van der Waals surface area contributed by atoms with Crippen molar-refractivity contribution in [3.8, 4) is 22.8 Å². The van der Waals surface area contributed by atoms with Gasteiger partial charge in [0.05, 0.1) is 0 Å². The van der Waals surface area contributed by atoms with Crippen molar-refractivity contribution < 1.29 is 4.42 Å². The summed E-state index contributed by atoms with van der Waals surface area (Å²) in [4.78, 5) is 15.5. The summed E-state index contributed by atoms with van der Waals surface area (Å²) in [6, 6.07) is 34.2. The number of furan rings is 1. The number of rotatable bonds is 3. The van der Waals surface area contributed by atoms with Crippen molar-refractivity contribution >= 4 is 64.2 Å². The Morgan fingerprint density at radius 3 is 2.33 bits per heavy atom. The summed E-state index contributed by atoms with van der Waals surface area (Å²) in [5, 5.41) is 7.36. The standard InChI is InChI=1S/C37H27N3OS/c1-2-10-23(11-3-1)35-38-36(24-17-19-27-26-13-6-7-16-30(26)41-31(27)21-24)40-37(39-35)29-15-8-14-28-33-25-12-5-4-9-22(25)18-20-32(33)42-34(28)29/h4-9,12-21,23H,1-3,10-11H2. The maximum atomic E-state index is 6.23. The Morgan fingerprint density at radius 1 is 0.619 bits per heavy atom. The van der Waals surface area contributed by atoms with Crippen molar-refractivity contribution in [2.45, 2.75) is 38.0 Å². The van der Waals surface area contributed by atoms with Gasteiger partial charge >= 0.3 is 0 Å². The van der Waals surface area contributed by atoms with Crippen molar-refractivity contribution in [2.75, 3.05) is 0 Å². The molecule has 0 saturated heterocycles. The molecule has 0 spiro atoms. The zero-order chi connectivity index (χ0) is 27.6. The molecule has 8 aromatic rings. The van der Waals surface area contributed by atoms with Crippen LogP contribution < -0.4 is 0 Å². The van der Waals surface area contributed by atoms with Crippen molar-refractivity contribution in [3.63, 3.8) is 0 Å². The zero-order valence-electron chi connectivity index (χ0n) is 23.0. The third-order valence-corrected chi connectivity index (χ3v) is 10.1. The Kier molecular flexibility index (Phi) is 5.42. The van der Waals surface area contributed by atoms with E-state index in [2.05, 4.69) is 84.9 Å². The van der Waals surface area contributed by atoms with E-state index in [4.69, 9.17) is 19.4 Å². The van der Waals surface area contributed by atoms with Gasteiger partial charge in [0.15, 0.2) is 11.6 Å². The molecule has 5 aromatic carbocycles. The molecule has 42 heavy (non-hydrogen) atoms. The average Bonchev–Trinajstić information content (AvgIpc) is 3.63. The molecule has 3 heterocycles. The SMILES string of the molecule is c1ccc2c(c1)ccc1sc3c(-c4nc(-c5ccc6c(c5)oc5ccccc56)nc(C5CCCCC5)n4)cccc3c12. The second kappa shape index (κ2) is 9.47. The van der Waals surface area contributed by atoms with E-state index in [1.165, 1.54) is 50.2 Å². The highest BCUT2D eigenvalue weighted by Gasteiger charge is 2.23. The second-order valence-corrected chi connectivity index (χ2v) is 12.5. The van der Waals surface area contributed by atoms with Crippen LogP contribution in [0.2, 0.25) is 0 Å². The van der Waals surface area contributed by atoms with Crippen LogP contribution in [-0.4, -0.2) is 15.0 Å². The molecule has 0 radical (unpaired) electrons. The molecule has 0 aliphatic heterocycles. The first-order chi connectivity index (χ1) is 20.8. The van der Waals surface area contributed by atoms with Crippen LogP contribution in [0.15, 0.2) is 101 Å². The third-order valence-electron chi connectivity index (χ3n) is 8.89. The van der Waals surface area contributed by atoms with Gasteiger partial charge < -0.3 is 4.42 Å².